The topological polar surface area (TPSA) is 204 Å². The molecular weight excluding hydrogens is 368 g/mol. The molecule has 0 fully saturated rings. The lowest BCUT2D eigenvalue weighted by molar-refractivity contribution is -0.264. The Kier molecular flexibility index (Phi) is 6.84. The number of aliphatic hydroxyl groups is 5. The molecule has 0 aliphatic carbocycles. The third-order valence-corrected chi connectivity index (χ3v) is 4.63. The molecule has 0 amide bonds. The Labute approximate surface area is 153 Å². The summed E-state index contributed by atoms with van der Waals surface area (Å²) in [7, 11) is 0. The predicted octanol–water partition coefficient (Wildman–Crippen LogP) is -3.58. The number of Topliss-reactive ketones (excluding diaryl/α,β-unsaturated/α-hetero) is 6. The molecule has 5 N–H and O–H groups in total. The molecule has 0 aliphatic heterocycles. The lowest BCUT2D eigenvalue weighted by Crippen LogP contribution is -2.85. The summed E-state index contributed by atoms with van der Waals surface area (Å²) in [5, 5.41) is 52.3. The zero-order chi connectivity index (χ0) is 22.2. The monoisotopic (exact) mass is 390 g/mol. The van der Waals surface area contributed by atoms with Crippen molar-refractivity contribution >= 4 is 34.7 Å². The molecule has 0 saturated carbocycles. The molecule has 0 spiro atoms. The Hall–Kier alpha value is -2.18. The number of ketones is 6. The normalized spacial score (nSPS) is 20.2. The first-order valence-corrected chi connectivity index (χ1v) is 7.54. The van der Waals surface area contributed by atoms with Gasteiger partial charge in [0.25, 0.3) is 0 Å². The van der Waals surface area contributed by atoms with E-state index in [0.29, 0.717) is 34.6 Å². The molecule has 0 aliphatic rings. The maximum absolute atomic E-state index is 12.2. The van der Waals surface area contributed by atoms with Crippen LogP contribution in [-0.2, 0) is 28.8 Å². The molecule has 0 aromatic rings. The van der Waals surface area contributed by atoms with Crippen molar-refractivity contribution in [2.24, 2.45) is 0 Å². The van der Waals surface area contributed by atoms with Crippen LogP contribution in [0.1, 0.15) is 34.6 Å². The van der Waals surface area contributed by atoms with Gasteiger partial charge >= 0.3 is 0 Å². The van der Waals surface area contributed by atoms with Gasteiger partial charge in [-0.2, -0.15) is 0 Å². The summed E-state index contributed by atoms with van der Waals surface area (Å²) < 4.78 is 0. The second-order valence-corrected chi connectivity index (χ2v) is 6.26. The highest BCUT2D eigenvalue weighted by Crippen LogP contribution is 2.43. The van der Waals surface area contributed by atoms with E-state index in [0.717, 1.165) is 0 Å². The molecule has 0 rings (SSSR count). The van der Waals surface area contributed by atoms with Crippen molar-refractivity contribution in [3.63, 3.8) is 0 Å². The average Bonchev–Trinajstić information content (AvgIpc) is 2.56. The largest absolute Gasteiger partial charge is 0.393 e. The molecule has 0 radical (unpaired) electrons. The molecule has 0 unspecified atom stereocenters. The fourth-order valence-electron chi connectivity index (χ4n) is 2.93. The number of carbonyl (C=O) groups is 6. The van der Waals surface area contributed by atoms with Gasteiger partial charge < -0.3 is 25.5 Å². The molecule has 152 valence electrons. The number of carbonyl (C=O) groups excluding carboxylic acids is 6. The Bertz CT molecular complexity index is 726. The van der Waals surface area contributed by atoms with Gasteiger partial charge in [0.2, 0.25) is 22.6 Å². The molecule has 0 aromatic carbocycles. The summed E-state index contributed by atoms with van der Waals surface area (Å²) in [5.74, 6) is -10.5. The van der Waals surface area contributed by atoms with Gasteiger partial charge in [-0.25, -0.2) is 0 Å². The predicted molar refractivity (Wildman–Crippen MR) is 85.3 cm³/mol. The average molecular weight is 390 g/mol. The van der Waals surface area contributed by atoms with Crippen LogP contribution in [-0.4, -0.2) is 89.2 Å². The minimum Gasteiger partial charge on any atom is -0.393 e. The molecule has 11 nitrogen and oxygen atoms in total. The summed E-state index contributed by atoms with van der Waals surface area (Å²) in [6, 6.07) is 0. The summed E-state index contributed by atoms with van der Waals surface area (Å²) in [6.45, 7) is 0.706. The molecule has 4 atom stereocenters. The Morgan fingerprint density at radius 1 is 0.630 bits per heavy atom. The van der Waals surface area contributed by atoms with Crippen molar-refractivity contribution in [1.29, 1.82) is 0 Å². The van der Waals surface area contributed by atoms with Crippen molar-refractivity contribution in [3.05, 3.63) is 0 Å². The van der Waals surface area contributed by atoms with E-state index in [2.05, 4.69) is 0 Å². The van der Waals surface area contributed by atoms with Crippen molar-refractivity contribution in [3.8, 4) is 0 Å². The van der Waals surface area contributed by atoms with E-state index in [1.54, 1.807) is 0 Å². The van der Waals surface area contributed by atoms with Gasteiger partial charge in [-0.05, 0) is 27.7 Å². The minimum absolute atomic E-state index is 0.424. The third kappa shape index (κ3) is 2.97. The summed E-state index contributed by atoms with van der Waals surface area (Å²) >= 11 is 0. The smallest absolute Gasteiger partial charge is 0.240 e. The lowest BCUT2D eigenvalue weighted by Gasteiger charge is -2.52. The van der Waals surface area contributed by atoms with Gasteiger partial charge in [-0.1, -0.05) is 0 Å². The maximum Gasteiger partial charge on any atom is 0.240 e. The van der Waals surface area contributed by atoms with Gasteiger partial charge in [-0.3, -0.25) is 28.8 Å². The van der Waals surface area contributed by atoms with Gasteiger partial charge in [0, 0.05) is 6.92 Å². The van der Waals surface area contributed by atoms with Gasteiger partial charge in [0.05, 0.1) is 6.61 Å². The van der Waals surface area contributed by atoms with Crippen LogP contribution in [0.5, 0.6) is 0 Å². The van der Waals surface area contributed by atoms with Crippen LogP contribution >= 0.6 is 0 Å². The number of hydrogen-bond acceptors (Lipinski definition) is 11. The Balaban J connectivity index is 7.62. The van der Waals surface area contributed by atoms with E-state index in [1.165, 1.54) is 0 Å². The molecular formula is C16H22O11. The van der Waals surface area contributed by atoms with E-state index in [9.17, 15) is 54.3 Å². The van der Waals surface area contributed by atoms with Crippen LogP contribution in [0.15, 0.2) is 0 Å². The summed E-state index contributed by atoms with van der Waals surface area (Å²) in [6.07, 6.45) is 0. The highest BCUT2D eigenvalue weighted by Gasteiger charge is 2.79. The van der Waals surface area contributed by atoms with Crippen molar-refractivity contribution in [2.45, 2.75) is 57.0 Å². The van der Waals surface area contributed by atoms with E-state index >= 15 is 0 Å². The zero-order valence-electron chi connectivity index (χ0n) is 15.4. The number of hydrogen-bond donors (Lipinski definition) is 5. The van der Waals surface area contributed by atoms with Crippen LogP contribution in [0.25, 0.3) is 0 Å². The molecule has 0 bridgehead atoms. The Morgan fingerprint density at radius 2 is 1.00 bits per heavy atom. The lowest BCUT2D eigenvalue weighted by atomic mass is 9.57. The highest BCUT2D eigenvalue weighted by atomic mass is 16.4. The first kappa shape index (κ1) is 24.8. The third-order valence-electron chi connectivity index (χ3n) is 4.63. The molecule has 0 saturated heterocycles. The van der Waals surface area contributed by atoms with Gasteiger partial charge in [0.1, 0.15) is 0 Å². The summed E-state index contributed by atoms with van der Waals surface area (Å²) in [5.41, 5.74) is -16.0. The van der Waals surface area contributed by atoms with Crippen LogP contribution in [0.4, 0.5) is 0 Å². The van der Waals surface area contributed by atoms with Crippen molar-refractivity contribution in [1.82, 2.24) is 0 Å². The number of rotatable bonds is 10. The van der Waals surface area contributed by atoms with Crippen LogP contribution in [0, 0.1) is 0 Å². The standard InChI is InChI=1S/C16H22O11/c1-7(18)12(23)14(25,9(3)20)16(27,11(5)22)15(26,10(4)21)13(24,6-17)8(2)19/h17,24-27H,6H2,1-5H3/t13-,14-,15+,16-/m0/s1. The van der Waals surface area contributed by atoms with Crippen LogP contribution in [0.2, 0.25) is 0 Å². The number of aliphatic hydroxyl groups excluding tert-OH is 1. The second-order valence-electron chi connectivity index (χ2n) is 6.26. The fraction of sp³-hybridized carbons (Fsp3) is 0.625. The van der Waals surface area contributed by atoms with Gasteiger partial charge in [0.15, 0.2) is 34.5 Å². The quantitative estimate of drug-likeness (QED) is 0.182. The SMILES string of the molecule is CC(=O)C(=O)[C@@](O)(C(C)=O)[C@@](O)(C(C)=O)[C@@](O)(C(C)=O)[C@](O)(CO)C(C)=O. The van der Waals surface area contributed by atoms with E-state index in [1.807, 2.05) is 0 Å². The van der Waals surface area contributed by atoms with Crippen LogP contribution in [0.3, 0.4) is 0 Å². The van der Waals surface area contributed by atoms with E-state index in [-0.39, 0.29) is 0 Å². The molecule has 27 heavy (non-hydrogen) atoms. The Morgan fingerprint density at radius 3 is 1.19 bits per heavy atom. The molecule has 0 aromatic heterocycles. The van der Waals surface area contributed by atoms with Crippen molar-refractivity contribution < 1.29 is 54.3 Å². The zero-order valence-corrected chi connectivity index (χ0v) is 15.4. The van der Waals surface area contributed by atoms with Gasteiger partial charge in [-0.15, -0.1) is 0 Å². The molecule has 11 heteroatoms. The summed E-state index contributed by atoms with van der Waals surface area (Å²) in [4.78, 5) is 72.0. The highest BCUT2D eigenvalue weighted by molar-refractivity contribution is 6.45. The first-order valence-electron chi connectivity index (χ1n) is 7.54. The minimum atomic E-state index is -4.20. The second kappa shape index (κ2) is 7.44. The maximum atomic E-state index is 12.2. The fourth-order valence-corrected chi connectivity index (χ4v) is 2.93. The van der Waals surface area contributed by atoms with E-state index < -0.39 is 63.7 Å². The van der Waals surface area contributed by atoms with Crippen LogP contribution < -0.4 is 0 Å². The first-order chi connectivity index (χ1) is 11.9. The van der Waals surface area contributed by atoms with E-state index in [4.69, 9.17) is 0 Å². The molecule has 0 heterocycles. The van der Waals surface area contributed by atoms with Crippen molar-refractivity contribution in [2.75, 3.05) is 6.61 Å².